The Bertz CT molecular complexity index is 1870. The molecule has 248 valence electrons. The maximum Gasteiger partial charge on any atom is 0.269 e. The summed E-state index contributed by atoms with van der Waals surface area (Å²) in [5.41, 5.74) is 2.65. The number of halogens is 1. The van der Waals surface area contributed by atoms with Crippen LogP contribution in [-0.2, 0) is 26.5 Å². The molecule has 10 heteroatoms. The summed E-state index contributed by atoms with van der Waals surface area (Å²) >= 11 is 6.61. The second kappa shape index (κ2) is 12.4. The van der Waals surface area contributed by atoms with E-state index >= 15 is 0 Å². The summed E-state index contributed by atoms with van der Waals surface area (Å²) < 4.78 is 18.0. The summed E-state index contributed by atoms with van der Waals surface area (Å²) in [6, 6.07) is 29.0. The van der Waals surface area contributed by atoms with Crippen LogP contribution in [0.2, 0.25) is 23.7 Å². The molecule has 0 unspecified atom stereocenters. The second-order valence-corrected chi connectivity index (χ2v) is 18.5. The Morgan fingerprint density at radius 2 is 1.71 bits per heavy atom. The Balaban J connectivity index is 1.23. The van der Waals surface area contributed by atoms with Crippen molar-refractivity contribution in [2.24, 2.45) is 5.92 Å². The third kappa shape index (κ3) is 5.11. The van der Waals surface area contributed by atoms with Crippen molar-refractivity contribution in [2.45, 2.75) is 50.2 Å². The summed E-state index contributed by atoms with van der Waals surface area (Å²) in [4.78, 5) is 31.2. The molecule has 8 nitrogen and oxygen atoms in total. The van der Waals surface area contributed by atoms with Crippen LogP contribution in [0.15, 0.2) is 91.0 Å². The smallest absolute Gasteiger partial charge is 0.269 e. The van der Waals surface area contributed by atoms with Crippen LogP contribution in [0.3, 0.4) is 0 Å². The van der Waals surface area contributed by atoms with E-state index < -0.39 is 13.7 Å². The number of benzene rings is 4. The molecule has 1 saturated heterocycles. The maximum absolute atomic E-state index is 14.9. The first-order valence-electron chi connectivity index (χ1n) is 16.3. The van der Waals surface area contributed by atoms with Gasteiger partial charge in [0.2, 0.25) is 0 Å². The topological polar surface area (TPSA) is 88.5 Å². The molecule has 1 spiro atoms. The minimum absolute atomic E-state index is 0.0296. The molecule has 0 aliphatic carbocycles. The Morgan fingerprint density at radius 3 is 2.42 bits per heavy atom. The van der Waals surface area contributed by atoms with E-state index in [1.165, 1.54) is 5.19 Å². The number of hydrogen-bond donors (Lipinski definition) is 1. The lowest BCUT2D eigenvalue weighted by molar-refractivity contribution is -0.146. The van der Waals surface area contributed by atoms with Crippen molar-refractivity contribution in [2.75, 3.05) is 30.1 Å². The van der Waals surface area contributed by atoms with Gasteiger partial charge < -0.3 is 24.2 Å². The zero-order chi connectivity index (χ0) is 33.8. The van der Waals surface area contributed by atoms with E-state index in [4.69, 9.17) is 25.8 Å². The van der Waals surface area contributed by atoms with Crippen LogP contribution in [0.25, 0.3) is 0 Å². The van der Waals surface area contributed by atoms with Gasteiger partial charge in [-0.3, -0.25) is 14.5 Å². The highest BCUT2D eigenvalue weighted by Gasteiger charge is 2.66. The zero-order valence-corrected chi connectivity index (χ0v) is 29.2. The first-order chi connectivity index (χ1) is 23.1. The number of carbonyl (C=O) groups excluding carboxylic acids is 2. The van der Waals surface area contributed by atoms with Gasteiger partial charge in [0.15, 0.2) is 12.2 Å². The molecule has 3 aliphatic rings. The fourth-order valence-corrected chi connectivity index (χ4v) is 12.4. The van der Waals surface area contributed by atoms with Gasteiger partial charge in [0, 0.05) is 28.8 Å². The van der Waals surface area contributed by atoms with Gasteiger partial charge in [-0.1, -0.05) is 73.2 Å². The van der Waals surface area contributed by atoms with Crippen molar-refractivity contribution >= 4 is 53.7 Å². The van der Waals surface area contributed by atoms with Crippen LogP contribution in [0.5, 0.6) is 11.5 Å². The third-order valence-corrected chi connectivity index (χ3v) is 15.0. The summed E-state index contributed by atoms with van der Waals surface area (Å²) in [7, 11) is -0.633. The quantitative estimate of drug-likeness (QED) is 0.212. The number of carbonyl (C=O) groups is 2. The van der Waals surface area contributed by atoms with Crippen molar-refractivity contribution in [3.8, 4) is 11.5 Å². The minimum Gasteiger partial charge on any atom is -0.497 e. The highest BCUT2D eigenvalue weighted by Crippen LogP contribution is 2.60. The third-order valence-electron chi connectivity index (χ3n) is 10.5. The van der Waals surface area contributed by atoms with E-state index in [1.807, 2.05) is 78.9 Å². The van der Waals surface area contributed by atoms with Gasteiger partial charge >= 0.3 is 0 Å². The van der Waals surface area contributed by atoms with Gasteiger partial charge in [-0.2, -0.15) is 0 Å². The Labute approximate surface area is 286 Å². The number of methoxy groups -OCH3 is 1. The number of rotatable bonds is 8. The van der Waals surface area contributed by atoms with Crippen molar-refractivity contribution in [1.82, 2.24) is 0 Å². The molecule has 48 heavy (non-hydrogen) atoms. The molecule has 3 aliphatic heterocycles. The predicted molar refractivity (Wildman–Crippen MR) is 189 cm³/mol. The molecular formula is C38H39ClN2O6Si. The lowest BCUT2D eigenvalue weighted by Crippen LogP contribution is -2.51. The van der Waals surface area contributed by atoms with Crippen LogP contribution < -0.4 is 24.5 Å². The number of nitrogens with zero attached hydrogens (tertiary/aromatic N) is 2. The van der Waals surface area contributed by atoms with E-state index in [0.717, 1.165) is 28.3 Å². The molecule has 0 bridgehead atoms. The van der Waals surface area contributed by atoms with Crippen LogP contribution in [0.1, 0.15) is 24.5 Å². The maximum atomic E-state index is 14.9. The fraction of sp³-hybridized carbons (Fsp3) is 0.316. The molecule has 0 radical (unpaired) electrons. The lowest BCUT2D eigenvalue weighted by atomic mass is 9.82. The van der Waals surface area contributed by atoms with Gasteiger partial charge in [-0.05, 0) is 72.1 Å². The van der Waals surface area contributed by atoms with Crippen molar-refractivity contribution < 1.29 is 28.9 Å². The normalized spacial score (nSPS) is 23.3. The number of para-hydroxylation sites is 2. The number of aliphatic hydroxyl groups is 1. The van der Waals surface area contributed by atoms with Gasteiger partial charge in [0.05, 0.1) is 39.2 Å². The molecule has 7 rings (SSSR count). The molecule has 2 amide bonds. The molecular weight excluding hydrogens is 644 g/mol. The average Bonchev–Trinajstić information content (AvgIpc) is 3.51. The molecule has 4 aromatic rings. The second-order valence-electron chi connectivity index (χ2n) is 13.4. The van der Waals surface area contributed by atoms with Crippen molar-refractivity contribution in [3.63, 3.8) is 0 Å². The number of aliphatic hydroxyl groups excluding tert-OH is 1. The van der Waals surface area contributed by atoms with Gasteiger partial charge in [0.1, 0.15) is 11.5 Å². The number of anilines is 3. The average molecular weight is 683 g/mol. The summed E-state index contributed by atoms with van der Waals surface area (Å²) in [6.45, 7) is 7.00. The van der Waals surface area contributed by atoms with E-state index in [1.54, 1.807) is 16.9 Å². The van der Waals surface area contributed by atoms with E-state index in [-0.39, 0.29) is 42.6 Å². The van der Waals surface area contributed by atoms with Crippen LogP contribution in [0.4, 0.5) is 17.1 Å². The van der Waals surface area contributed by atoms with Crippen LogP contribution in [0, 0.1) is 5.92 Å². The van der Waals surface area contributed by atoms with Crippen LogP contribution >= 0.6 is 11.6 Å². The van der Waals surface area contributed by atoms with Gasteiger partial charge in [-0.15, -0.1) is 0 Å². The number of hydrogen-bond acceptors (Lipinski definition) is 6. The van der Waals surface area contributed by atoms with Crippen molar-refractivity contribution in [1.29, 1.82) is 0 Å². The molecule has 4 atom stereocenters. The Kier molecular flexibility index (Phi) is 8.36. The van der Waals surface area contributed by atoms with Gasteiger partial charge in [-0.25, -0.2) is 0 Å². The summed E-state index contributed by atoms with van der Waals surface area (Å²) in [6.07, 6.45) is 0.106. The summed E-state index contributed by atoms with van der Waals surface area (Å²) in [5, 5.41) is 11.9. The first-order valence-corrected chi connectivity index (χ1v) is 19.7. The predicted octanol–water partition coefficient (Wildman–Crippen LogP) is 6.55. The molecule has 1 N–H and O–H groups in total. The SMILES string of the molecule is COc1ccc([Si](C)(C)[C@@H]2[C@@H](CCO)O[C@]3(C(=O)N(Cc4ccc(N5C(=O)COc6ccccc65)cc4)c4ccc(Cl)cc43)[C@H]2C)cc1. The summed E-state index contributed by atoms with van der Waals surface area (Å²) in [5.74, 6) is 0.985. The fourth-order valence-electron chi connectivity index (χ4n) is 8.16. The minimum atomic E-state index is -2.29. The highest BCUT2D eigenvalue weighted by molar-refractivity contribution is 6.91. The Hall–Kier alpha value is -4.15. The number of ether oxygens (including phenoxy) is 3. The standard InChI is InChI=1S/C38H39ClN2O6Si/c1-24-36(48(3,4)29-16-14-28(45-2)15-17-29)34(19-20-42)47-38(24)30-21-26(39)11-18-31(30)40(37(38)44)22-25-9-12-27(13-10-25)41-32-7-5-6-8-33(32)46-23-35(41)43/h5-18,21,24,34,36,42H,19-20,22-23H2,1-4H3/t24-,34+,36-,38+/m0/s1. The lowest BCUT2D eigenvalue weighted by Gasteiger charge is -2.37. The van der Waals surface area contributed by atoms with E-state index in [0.29, 0.717) is 29.4 Å². The van der Waals surface area contributed by atoms with Gasteiger partial charge in [0.25, 0.3) is 11.8 Å². The Morgan fingerprint density at radius 1 is 0.979 bits per heavy atom. The number of fused-ring (bicyclic) bond motifs is 3. The molecule has 1 fully saturated rings. The molecule has 0 aromatic heterocycles. The highest BCUT2D eigenvalue weighted by atomic mass is 35.5. The monoisotopic (exact) mass is 682 g/mol. The zero-order valence-electron chi connectivity index (χ0n) is 27.5. The largest absolute Gasteiger partial charge is 0.497 e. The molecule has 3 heterocycles. The molecule has 0 saturated carbocycles. The van der Waals surface area contributed by atoms with E-state index in [9.17, 15) is 14.7 Å². The molecule has 4 aromatic carbocycles. The number of amides is 2. The first kappa shape index (κ1) is 32.4. The van der Waals surface area contributed by atoms with E-state index in [2.05, 4.69) is 32.2 Å². The van der Waals surface area contributed by atoms with Crippen LogP contribution in [-0.4, -0.2) is 51.4 Å². The van der Waals surface area contributed by atoms with Crippen molar-refractivity contribution in [3.05, 3.63) is 107 Å².